The van der Waals surface area contributed by atoms with Crippen LogP contribution in [-0.4, -0.2) is 23.1 Å². The molecule has 1 N–H and O–H groups in total. The van der Waals surface area contributed by atoms with Crippen molar-refractivity contribution in [3.05, 3.63) is 36.5 Å². The van der Waals surface area contributed by atoms with Gasteiger partial charge in [0, 0.05) is 12.0 Å². The molecule has 0 amide bonds. The van der Waals surface area contributed by atoms with E-state index < -0.39 is 5.97 Å². The van der Waals surface area contributed by atoms with Crippen molar-refractivity contribution in [2.24, 2.45) is 11.8 Å². The summed E-state index contributed by atoms with van der Waals surface area (Å²) in [6, 6.07) is 0. The first-order valence-corrected chi connectivity index (χ1v) is 6.38. The van der Waals surface area contributed by atoms with Crippen molar-refractivity contribution in [3.63, 3.8) is 0 Å². The monoisotopic (exact) mass is 224 g/mol. The number of aliphatic carboxylic acids is 1. The Kier molecular flexibility index (Phi) is 5.26. The Balaban J connectivity index is 2.55. The Morgan fingerprint density at radius 3 is 2.87 bits per heavy atom. The van der Waals surface area contributed by atoms with Crippen LogP contribution in [0.25, 0.3) is 0 Å². The molecule has 0 aromatic carbocycles. The van der Waals surface area contributed by atoms with Crippen LogP contribution in [0.15, 0.2) is 36.5 Å². The first-order chi connectivity index (χ1) is 7.24. The van der Waals surface area contributed by atoms with E-state index in [1.807, 2.05) is 23.9 Å². The molecule has 0 radical (unpaired) electrons. The molecule has 82 valence electrons. The van der Waals surface area contributed by atoms with Gasteiger partial charge in [0.05, 0.1) is 0 Å². The summed E-state index contributed by atoms with van der Waals surface area (Å²) in [7, 11) is 0. The van der Waals surface area contributed by atoms with E-state index in [1.54, 1.807) is 6.08 Å². The molecule has 0 aromatic rings. The molecular formula is C12H16O2S. The molecule has 0 saturated carbocycles. The maximum atomic E-state index is 10.4. The van der Waals surface area contributed by atoms with Crippen molar-refractivity contribution in [1.82, 2.24) is 0 Å². The maximum Gasteiger partial charge on any atom is 0.327 e. The normalized spacial score (nSPS) is 24.9. The van der Waals surface area contributed by atoms with Crippen LogP contribution in [-0.2, 0) is 4.79 Å². The van der Waals surface area contributed by atoms with E-state index in [0.717, 1.165) is 12.2 Å². The summed E-state index contributed by atoms with van der Waals surface area (Å²) in [5.41, 5.74) is 0. The second-order valence-corrected chi connectivity index (χ2v) is 4.48. The minimum atomic E-state index is -0.874. The lowest BCUT2D eigenvalue weighted by Crippen LogP contribution is -2.11. The van der Waals surface area contributed by atoms with Crippen molar-refractivity contribution in [2.75, 3.05) is 12.0 Å². The van der Waals surface area contributed by atoms with Crippen LogP contribution < -0.4 is 0 Å². The van der Waals surface area contributed by atoms with Gasteiger partial charge >= 0.3 is 5.97 Å². The van der Waals surface area contributed by atoms with Gasteiger partial charge in [0.25, 0.3) is 0 Å². The van der Waals surface area contributed by atoms with Gasteiger partial charge in [0.2, 0.25) is 0 Å². The average molecular weight is 224 g/mol. The number of thioether (sulfide) groups is 1. The van der Waals surface area contributed by atoms with Crippen LogP contribution in [0.5, 0.6) is 0 Å². The van der Waals surface area contributed by atoms with E-state index in [1.165, 1.54) is 6.08 Å². The summed E-state index contributed by atoms with van der Waals surface area (Å²) in [6.07, 6.45) is 14.4. The molecule has 0 heterocycles. The zero-order chi connectivity index (χ0) is 11.1. The molecule has 2 unspecified atom stereocenters. The minimum Gasteiger partial charge on any atom is -0.478 e. The summed E-state index contributed by atoms with van der Waals surface area (Å²) in [5, 5.41) is 8.57. The van der Waals surface area contributed by atoms with Gasteiger partial charge in [-0.1, -0.05) is 30.4 Å². The highest BCUT2D eigenvalue weighted by Crippen LogP contribution is 2.25. The van der Waals surface area contributed by atoms with Crippen molar-refractivity contribution < 1.29 is 9.90 Å². The summed E-state index contributed by atoms with van der Waals surface area (Å²) in [5.74, 6) is 0.915. The molecule has 2 nitrogen and oxygen atoms in total. The Morgan fingerprint density at radius 1 is 1.47 bits per heavy atom. The first-order valence-electron chi connectivity index (χ1n) is 4.99. The van der Waals surface area contributed by atoms with Crippen molar-refractivity contribution in [2.45, 2.75) is 6.42 Å². The number of carboxylic acids is 1. The quantitative estimate of drug-likeness (QED) is 0.730. The Bertz CT molecular complexity index is 292. The number of carboxylic acid groups (broad SMARTS) is 1. The van der Waals surface area contributed by atoms with Crippen LogP contribution >= 0.6 is 11.8 Å². The Morgan fingerprint density at radius 2 is 2.20 bits per heavy atom. The lowest BCUT2D eigenvalue weighted by atomic mass is 9.86. The van der Waals surface area contributed by atoms with Gasteiger partial charge in [-0.3, -0.25) is 0 Å². The highest BCUT2D eigenvalue weighted by molar-refractivity contribution is 7.98. The van der Waals surface area contributed by atoms with Crippen molar-refractivity contribution in [1.29, 1.82) is 0 Å². The second kappa shape index (κ2) is 6.51. The number of hydrogen-bond donors (Lipinski definition) is 1. The van der Waals surface area contributed by atoms with Gasteiger partial charge in [-0.15, -0.1) is 0 Å². The fraction of sp³-hybridized carbons (Fsp3) is 0.417. The van der Waals surface area contributed by atoms with E-state index in [-0.39, 0.29) is 5.92 Å². The Hall–Kier alpha value is -0.960. The third-order valence-corrected chi connectivity index (χ3v) is 3.06. The second-order valence-electron chi connectivity index (χ2n) is 3.49. The summed E-state index contributed by atoms with van der Waals surface area (Å²) < 4.78 is 0. The fourth-order valence-corrected chi connectivity index (χ4v) is 2.12. The molecule has 0 fully saturated rings. The topological polar surface area (TPSA) is 37.3 Å². The number of carbonyl (C=O) groups is 1. The van der Waals surface area contributed by atoms with E-state index in [4.69, 9.17) is 5.11 Å². The van der Waals surface area contributed by atoms with Crippen LogP contribution in [0.3, 0.4) is 0 Å². The standard InChI is InChI=1S/C12H16O2S/c1-15-9-8-11-5-3-2-4-10(11)6-7-12(13)14/h2-7,10-11H,8-9H2,1H3,(H,13,14). The van der Waals surface area contributed by atoms with Crippen molar-refractivity contribution >= 4 is 17.7 Å². The lowest BCUT2D eigenvalue weighted by Gasteiger charge is -2.20. The zero-order valence-corrected chi connectivity index (χ0v) is 9.61. The minimum absolute atomic E-state index is 0.234. The summed E-state index contributed by atoms with van der Waals surface area (Å²) >= 11 is 1.82. The smallest absolute Gasteiger partial charge is 0.327 e. The molecule has 15 heavy (non-hydrogen) atoms. The van der Waals surface area contributed by atoms with Gasteiger partial charge < -0.3 is 5.11 Å². The lowest BCUT2D eigenvalue weighted by molar-refractivity contribution is -0.131. The maximum absolute atomic E-state index is 10.4. The summed E-state index contributed by atoms with van der Waals surface area (Å²) in [4.78, 5) is 10.4. The average Bonchev–Trinajstić information content (AvgIpc) is 2.24. The van der Waals surface area contributed by atoms with Gasteiger partial charge in [0.1, 0.15) is 0 Å². The summed E-state index contributed by atoms with van der Waals surface area (Å²) in [6.45, 7) is 0. The number of allylic oxidation sites excluding steroid dienone is 5. The Labute approximate surface area is 94.8 Å². The van der Waals surface area contributed by atoms with Crippen LogP contribution in [0.1, 0.15) is 6.42 Å². The molecule has 3 heteroatoms. The molecule has 2 atom stereocenters. The van der Waals surface area contributed by atoms with Crippen LogP contribution in [0.4, 0.5) is 0 Å². The van der Waals surface area contributed by atoms with Crippen LogP contribution in [0.2, 0.25) is 0 Å². The largest absolute Gasteiger partial charge is 0.478 e. The molecule has 1 aliphatic rings. The molecule has 1 aliphatic carbocycles. The van der Waals surface area contributed by atoms with Gasteiger partial charge in [0.15, 0.2) is 0 Å². The molecular weight excluding hydrogens is 208 g/mol. The highest BCUT2D eigenvalue weighted by Gasteiger charge is 2.15. The zero-order valence-electron chi connectivity index (χ0n) is 8.80. The molecule has 0 aromatic heterocycles. The molecule has 0 aliphatic heterocycles. The van der Waals surface area contributed by atoms with E-state index in [0.29, 0.717) is 5.92 Å². The fourth-order valence-electron chi connectivity index (χ4n) is 1.61. The van der Waals surface area contributed by atoms with E-state index in [9.17, 15) is 4.79 Å². The van der Waals surface area contributed by atoms with Gasteiger partial charge in [-0.05, 0) is 24.3 Å². The SMILES string of the molecule is CSCCC1C=CC=CC1C=CC(=O)O. The van der Waals surface area contributed by atoms with E-state index >= 15 is 0 Å². The van der Waals surface area contributed by atoms with E-state index in [2.05, 4.69) is 18.4 Å². The molecule has 1 rings (SSSR count). The molecule has 0 spiro atoms. The number of rotatable bonds is 5. The third kappa shape index (κ3) is 4.38. The first kappa shape index (κ1) is 12.1. The number of hydrogen-bond acceptors (Lipinski definition) is 2. The van der Waals surface area contributed by atoms with Crippen LogP contribution in [0, 0.1) is 11.8 Å². The molecule has 0 bridgehead atoms. The van der Waals surface area contributed by atoms with Gasteiger partial charge in [-0.2, -0.15) is 11.8 Å². The van der Waals surface area contributed by atoms with Gasteiger partial charge in [-0.25, -0.2) is 4.79 Å². The highest BCUT2D eigenvalue weighted by atomic mass is 32.2. The third-order valence-electron chi connectivity index (χ3n) is 2.41. The molecule has 0 saturated heterocycles. The predicted octanol–water partition coefficient (Wildman–Crippen LogP) is 2.74. The van der Waals surface area contributed by atoms with Crippen molar-refractivity contribution in [3.8, 4) is 0 Å². The predicted molar refractivity (Wildman–Crippen MR) is 65.0 cm³/mol.